The first-order chi connectivity index (χ1) is 18.1. The summed E-state index contributed by atoms with van der Waals surface area (Å²) in [4.78, 5) is 13.3. The second-order valence-electron chi connectivity index (χ2n) is 9.53. The molecule has 1 aromatic carbocycles. The SMILES string of the molecule is Cc1cccc(Oc2ccc(-c3c(-c4cnn(C5CCCNCC5)c4)n(C)c4ncnc(N)c34)cc2)n1. The van der Waals surface area contributed by atoms with E-state index < -0.39 is 0 Å². The van der Waals surface area contributed by atoms with Crippen LogP contribution in [-0.2, 0) is 7.05 Å². The number of aryl methyl sites for hydroxylation is 2. The number of nitrogens with two attached hydrogens (primary N) is 1. The number of hydrogen-bond donors (Lipinski definition) is 2. The Hall–Kier alpha value is -4.24. The van der Waals surface area contributed by atoms with Crippen molar-refractivity contribution >= 4 is 16.9 Å². The summed E-state index contributed by atoms with van der Waals surface area (Å²) >= 11 is 0. The lowest BCUT2D eigenvalue weighted by Gasteiger charge is -2.14. The lowest BCUT2D eigenvalue weighted by molar-refractivity contribution is 0.414. The zero-order valence-corrected chi connectivity index (χ0v) is 21.1. The minimum absolute atomic E-state index is 0.387. The van der Waals surface area contributed by atoms with Crippen molar-refractivity contribution in [2.24, 2.45) is 7.05 Å². The molecule has 1 fully saturated rings. The van der Waals surface area contributed by atoms with Gasteiger partial charge in [-0.2, -0.15) is 5.10 Å². The fourth-order valence-corrected chi connectivity index (χ4v) is 5.21. The van der Waals surface area contributed by atoms with Gasteiger partial charge in [0.1, 0.15) is 23.5 Å². The van der Waals surface area contributed by atoms with E-state index in [0.717, 1.165) is 71.5 Å². The molecule has 0 bridgehead atoms. The minimum atomic E-state index is 0.387. The Kier molecular flexibility index (Phi) is 6.05. The quantitative estimate of drug-likeness (QED) is 0.358. The fourth-order valence-electron chi connectivity index (χ4n) is 5.21. The Balaban J connectivity index is 1.42. The van der Waals surface area contributed by atoms with Gasteiger partial charge in [-0.3, -0.25) is 4.68 Å². The van der Waals surface area contributed by atoms with Crippen LogP contribution in [0.25, 0.3) is 33.4 Å². The van der Waals surface area contributed by atoms with Crippen LogP contribution >= 0.6 is 0 Å². The normalized spacial score (nSPS) is 16.1. The van der Waals surface area contributed by atoms with Gasteiger partial charge < -0.3 is 20.4 Å². The molecule has 37 heavy (non-hydrogen) atoms. The Bertz CT molecular complexity index is 1540. The highest BCUT2D eigenvalue weighted by molar-refractivity contribution is 6.07. The monoisotopic (exact) mass is 494 g/mol. The Morgan fingerprint density at radius 1 is 1.03 bits per heavy atom. The Labute approximate surface area is 215 Å². The summed E-state index contributed by atoms with van der Waals surface area (Å²) in [5.41, 5.74) is 12.1. The minimum Gasteiger partial charge on any atom is -0.439 e. The first-order valence-corrected chi connectivity index (χ1v) is 12.6. The number of pyridine rings is 1. The summed E-state index contributed by atoms with van der Waals surface area (Å²) in [7, 11) is 2.02. The second kappa shape index (κ2) is 9.67. The molecule has 5 aromatic rings. The van der Waals surface area contributed by atoms with E-state index in [2.05, 4.69) is 35.7 Å². The van der Waals surface area contributed by atoms with Crippen LogP contribution in [0, 0.1) is 6.92 Å². The van der Waals surface area contributed by atoms with Crippen molar-refractivity contribution in [2.45, 2.75) is 32.2 Å². The van der Waals surface area contributed by atoms with Gasteiger partial charge in [0.15, 0.2) is 0 Å². The van der Waals surface area contributed by atoms with Crippen LogP contribution in [0.2, 0.25) is 0 Å². The zero-order valence-electron chi connectivity index (χ0n) is 21.1. The molecular formula is C28H30N8O. The summed E-state index contributed by atoms with van der Waals surface area (Å²) in [6.45, 7) is 4.02. The van der Waals surface area contributed by atoms with Crippen LogP contribution in [0.3, 0.4) is 0 Å². The maximum atomic E-state index is 6.42. The van der Waals surface area contributed by atoms with E-state index in [4.69, 9.17) is 15.6 Å². The number of ether oxygens (including phenoxy) is 1. The van der Waals surface area contributed by atoms with Gasteiger partial charge in [-0.25, -0.2) is 15.0 Å². The van der Waals surface area contributed by atoms with E-state index in [1.807, 2.05) is 62.6 Å². The van der Waals surface area contributed by atoms with Gasteiger partial charge in [0, 0.05) is 36.1 Å². The van der Waals surface area contributed by atoms with E-state index in [1.165, 1.54) is 6.33 Å². The topological polar surface area (TPSA) is 109 Å². The number of nitrogens with zero attached hydrogens (tertiary/aromatic N) is 6. The molecule has 1 atom stereocenters. The standard InChI is InChI=1S/C28H30N8O/c1-18-5-3-7-23(34-18)37-22-10-8-19(9-11-22)24-25-27(29)31-17-32-28(25)35(2)26(24)20-15-33-36(16-20)21-6-4-13-30-14-12-21/h3,5,7-11,15-17,21,30H,4,6,12-14H2,1-2H3,(H2,29,31,32). The first kappa shape index (κ1) is 23.2. The van der Waals surface area contributed by atoms with E-state index in [0.29, 0.717) is 23.5 Å². The number of anilines is 1. The summed E-state index contributed by atoms with van der Waals surface area (Å²) in [6, 6.07) is 14.1. The molecule has 0 radical (unpaired) electrons. The molecule has 5 heterocycles. The van der Waals surface area contributed by atoms with Gasteiger partial charge in [-0.05, 0) is 63.0 Å². The van der Waals surface area contributed by atoms with E-state index in [9.17, 15) is 0 Å². The summed E-state index contributed by atoms with van der Waals surface area (Å²) < 4.78 is 10.2. The molecule has 4 aromatic heterocycles. The number of benzene rings is 1. The number of hydrogen-bond acceptors (Lipinski definition) is 7. The third-order valence-electron chi connectivity index (χ3n) is 7.02. The molecule has 188 valence electrons. The summed E-state index contributed by atoms with van der Waals surface area (Å²) in [5, 5.41) is 9.09. The summed E-state index contributed by atoms with van der Waals surface area (Å²) in [5.74, 6) is 1.73. The molecule has 3 N–H and O–H groups in total. The maximum Gasteiger partial charge on any atom is 0.219 e. The van der Waals surface area contributed by atoms with Crippen molar-refractivity contribution in [3.8, 4) is 34.0 Å². The Morgan fingerprint density at radius 2 is 1.89 bits per heavy atom. The van der Waals surface area contributed by atoms with Gasteiger partial charge in [0.2, 0.25) is 5.88 Å². The molecule has 0 spiro atoms. The lowest BCUT2D eigenvalue weighted by Crippen LogP contribution is -2.15. The number of aromatic nitrogens is 6. The smallest absolute Gasteiger partial charge is 0.219 e. The number of nitrogen functional groups attached to an aromatic ring is 1. The average Bonchev–Trinajstić information content (AvgIpc) is 3.37. The van der Waals surface area contributed by atoms with Crippen molar-refractivity contribution in [3.63, 3.8) is 0 Å². The predicted molar refractivity (Wildman–Crippen MR) is 144 cm³/mol. The molecule has 0 saturated carbocycles. The van der Waals surface area contributed by atoms with Gasteiger partial charge in [0.25, 0.3) is 0 Å². The lowest BCUT2D eigenvalue weighted by atomic mass is 10.00. The highest BCUT2D eigenvalue weighted by atomic mass is 16.5. The predicted octanol–water partition coefficient (Wildman–Crippen LogP) is 4.89. The molecule has 1 unspecified atom stereocenters. The zero-order chi connectivity index (χ0) is 25.4. The highest BCUT2D eigenvalue weighted by Crippen LogP contribution is 2.42. The molecule has 9 heteroatoms. The van der Waals surface area contributed by atoms with E-state index >= 15 is 0 Å². The van der Waals surface area contributed by atoms with Gasteiger partial charge >= 0.3 is 0 Å². The molecule has 0 aliphatic carbocycles. The average molecular weight is 495 g/mol. The number of nitrogens with one attached hydrogen (secondary N) is 1. The first-order valence-electron chi connectivity index (χ1n) is 12.6. The van der Waals surface area contributed by atoms with Gasteiger partial charge in [0.05, 0.1) is 23.3 Å². The largest absolute Gasteiger partial charge is 0.439 e. The van der Waals surface area contributed by atoms with E-state index in [-0.39, 0.29) is 0 Å². The Morgan fingerprint density at radius 3 is 2.73 bits per heavy atom. The van der Waals surface area contributed by atoms with E-state index in [1.54, 1.807) is 0 Å². The van der Waals surface area contributed by atoms with Crippen LogP contribution in [0.5, 0.6) is 11.6 Å². The molecular weight excluding hydrogens is 464 g/mol. The van der Waals surface area contributed by atoms with Crippen LogP contribution in [0.15, 0.2) is 61.2 Å². The van der Waals surface area contributed by atoms with Crippen molar-refractivity contribution in [2.75, 3.05) is 18.8 Å². The molecule has 1 aliphatic rings. The van der Waals surface area contributed by atoms with Crippen LogP contribution in [0.4, 0.5) is 5.82 Å². The number of rotatable bonds is 5. The van der Waals surface area contributed by atoms with Crippen molar-refractivity contribution < 1.29 is 4.74 Å². The highest BCUT2D eigenvalue weighted by Gasteiger charge is 2.24. The summed E-state index contributed by atoms with van der Waals surface area (Å²) in [6.07, 6.45) is 8.94. The van der Waals surface area contributed by atoms with Crippen LogP contribution in [-0.4, -0.2) is 42.4 Å². The second-order valence-corrected chi connectivity index (χ2v) is 9.53. The maximum absolute atomic E-state index is 6.42. The third-order valence-corrected chi connectivity index (χ3v) is 7.02. The van der Waals surface area contributed by atoms with Crippen LogP contribution in [0.1, 0.15) is 31.0 Å². The van der Waals surface area contributed by atoms with Crippen molar-refractivity contribution in [1.29, 1.82) is 0 Å². The van der Waals surface area contributed by atoms with Crippen LogP contribution < -0.4 is 15.8 Å². The fraction of sp³-hybridized carbons (Fsp3) is 0.286. The van der Waals surface area contributed by atoms with Crippen molar-refractivity contribution in [3.05, 3.63) is 66.9 Å². The number of fused-ring (bicyclic) bond motifs is 1. The molecule has 1 saturated heterocycles. The van der Waals surface area contributed by atoms with Crippen molar-refractivity contribution in [1.82, 2.24) is 34.6 Å². The molecule has 9 nitrogen and oxygen atoms in total. The molecule has 1 aliphatic heterocycles. The molecule has 0 amide bonds. The van der Waals surface area contributed by atoms with Gasteiger partial charge in [-0.15, -0.1) is 0 Å². The molecule has 6 rings (SSSR count). The third kappa shape index (κ3) is 4.42. The van der Waals surface area contributed by atoms with Gasteiger partial charge in [-0.1, -0.05) is 18.2 Å².